The monoisotopic (exact) mass is 273 g/mol. The van der Waals surface area contributed by atoms with Crippen molar-refractivity contribution in [2.45, 2.75) is 45.3 Å². The van der Waals surface area contributed by atoms with Gasteiger partial charge in [-0.05, 0) is 37.6 Å². The second-order valence-electron chi connectivity index (χ2n) is 5.70. The van der Waals surface area contributed by atoms with Gasteiger partial charge in [0.1, 0.15) is 0 Å². The number of nitrogens with one attached hydrogen (secondary N) is 1. The molecule has 0 bridgehead atoms. The van der Waals surface area contributed by atoms with Gasteiger partial charge < -0.3 is 5.32 Å². The third-order valence-corrected chi connectivity index (χ3v) is 4.64. The Bertz CT molecular complexity index is 517. The van der Waals surface area contributed by atoms with Gasteiger partial charge in [0.2, 0.25) is 0 Å². The summed E-state index contributed by atoms with van der Waals surface area (Å²) in [7, 11) is -2.92. The summed E-state index contributed by atoms with van der Waals surface area (Å²) in [6, 6.07) is -0.123. The van der Waals surface area contributed by atoms with Gasteiger partial charge in [-0.1, -0.05) is 0 Å². The average molecular weight is 273 g/mol. The lowest BCUT2D eigenvalue weighted by atomic mass is 10.1. The highest BCUT2D eigenvalue weighted by atomic mass is 32.2. The Morgan fingerprint density at radius 1 is 1.44 bits per heavy atom. The lowest BCUT2D eigenvalue weighted by molar-refractivity contribution is 0.395. The second-order valence-corrected chi connectivity index (χ2v) is 7.93. The largest absolute Gasteiger partial charge is 0.305 e. The van der Waals surface area contributed by atoms with Gasteiger partial charge in [0.15, 0.2) is 15.7 Å². The third-order valence-electron chi connectivity index (χ3n) is 2.89. The summed E-state index contributed by atoms with van der Waals surface area (Å²) in [6.07, 6.45) is 0.593. The Morgan fingerprint density at radius 3 is 2.72 bits per heavy atom. The van der Waals surface area contributed by atoms with Crippen LogP contribution in [-0.2, 0) is 16.4 Å². The fourth-order valence-corrected chi connectivity index (χ4v) is 3.62. The molecule has 0 aliphatic carbocycles. The van der Waals surface area contributed by atoms with E-state index in [1.54, 1.807) is 4.68 Å². The third kappa shape index (κ3) is 3.26. The topological polar surface area (TPSA) is 89.8 Å². The van der Waals surface area contributed by atoms with Crippen molar-refractivity contribution >= 4 is 9.84 Å². The average Bonchev–Trinajstić information content (AvgIpc) is 2.79. The fraction of sp³-hybridized carbons (Fsp3) is 0.900. The molecule has 1 aromatic heterocycles. The van der Waals surface area contributed by atoms with E-state index in [4.69, 9.17) is 0 Å². The number of nitrogens with zero attached hydrogens (tertiary/aromatic N) is 4. The molecule has 0 saturated carbocycles. The minimum atomic E-state index is -2.92. The van der Waals surface area contributed by atoms with Crippen molar-refractivity contribution in [2.75, 3.05) is 11.5 Å². The van der Waals surface area contributed by atoms with Gasteiger partial charge in [0.25, 0.3) is 0 Å². The first kappa shape index (κ1) is 13.4. The zero-order valence-electron chi connectivity index (χ0n) is 10.9. The van der Waals surface area contributed by atoms with Crippen molar-refractivity contribution in [3.05, 3.63) is 5.82 Å². The second kappa shape index (κ2) is 4.58. The van der Waals surface area contributed by atoms with E-state index in [1.165, 1.54) is 0 Å². The summed E-state index contributed by atoms with van der Waals surface area (Å²) in [5.41, 5.74) is -0.0292. The molecule has 0 aromatic carbocycles. The molecule has 2 heterocycles. The lowest BCUT2D eigenvalue weighted by Gasteiger charge is -2.20. The van der Waals surface area contributed by atoms with Gasteiger partial charge in [-0.15, -0.1) is 5.10 Å². The van der Waals surface area contributed by atoms with Crippen LogP contribution in [0.4, 0.5) is 0 Å². The molecule has 1 atom stereocenters. The maximum Gasteiger partial charge on any atom is 0.165 e. The minimum Gasteiger partial charge on any atom is -0.305 e. The molecule has 2 rings (SSSR count). The van der Waals surface area contributed by atoms with Gasteiger partial charge in [-0.3, -0.25) is 0 Å². The minimum absolute atomic E-state index is 0.0292. The molecule has 0 spiro atoms. The van der Waals surface area contributed by atoms with Gasteiger partial charge in [-0.25, -0.2) is 13.1 Å². The van der Waals surface area contributed by atoms with E-state index >= 15 is 0 Å². The Balaban J connectivity index is 2.09. The van der Waals surface area contributed by atoms with Crippen LogP contribution in [0.3, 0.4) is 0 Å². The normalized spacial score (nSPS) is 23.4. The molecule has 1 fully saturated rings. The van der Waals surface area contributed by atoms with E-state index in [0.29, 0.717) is 18.8 Å². The quantitative estimate of drug-likeness (QED) is 0.828. The van der Waals surface area contributed by atoms with Crippen LogP contribution in [0.25, 0.3) is 0 Å². The van der Waals surface area contributed by atoms with Crippen molar-refractivity contribution in [3.63, 3.8) is 0 Å². The Kier molecular flexibility index (Phi) is 3.41. The van der Waals surface area contributed by atoms with Crippen LogP contribution in [0.5, 0.6) is 0 Å². The van der Waals surface area contributed by atoms with Gasteiger partial charge in [0, 0.05) is 5.54 Å². The van der Waals surface area contributed by atoms with Gasteiger partial charge in [0.05, 0.1) is 24.1 Å². The first-order valence-electron chi connectivity index (χ1n) is 5.99. The van der Waals surface area contributed by atoms with Crippen LogP contribution in [0, 0.1) is 0 Å². The predicted molar refractivity (Wildman–Crippen MR) is 66.7 cm³/mol. The molecular formula is C10H19N5O2S. The van der Waals surface area contributed by atoms with E-state index < -0.39 is 9.84 Å². The molecule has 1 N–H and O–H groups in total. The van der Waals surface area contributed by atoms with Crippen molar-refractivity contribution < 1.29 is 8.42 Å². The molecule has 0 radical (unpaired) electrons. The number of hydrogen-bond acceptors (Lipinski definition) is 6. The molecule has 0 amide bonds. The summed E-state index contributed by atoms with van der Waals surface area (Å²) in [5.74, 6) is 1.05. The highest BCUT2D eigenvalue weighted by molar-refractivity contribution is 7.91. The van der Waals surface area contributed by atoms with Crippen molar-refractivity contribution in [3.8, 4) is 0 Å². The highest BCUT2D eigenvalue weighted by Crippen LogP contribution is 2.23. The molecule has 8 heteroatoms. The molecule has 7 nitrogen and oxygen atoms in total. The maximum atomic E-state index is 11.5. The summed E-state index contributed by atoms with van der Waals surface area (Å²) >= 11 is 0. The molecule has 1 unspecified atom stereocenters. The van der Waals surface area contributed by atoms with E-state index in [0.717, 1.165) is 0 Å². The Morgan fingerprint density at radius 2 is 2.17 bits per heavy atom. The molecule has 18 heavy (non-hydrogen) atoms. The van der Waals surface area contributed by atoms with Crippen LogP contribution in [-0.4, -0.2) is 45.7 Å². The first-order chi connectivity index (χ1) is 8.27. The first-order valence-corrected chi connectivity index (χ1v) is 7.81. The predicted octanol–water partition coefficient (Wildman–Crippen LogP) is -0.0792. The van der Waals surface area contributed by atoms with Crippen LogP contribution in [0.15, 0.2) is 0 Å². The number of rotatable bonds is 3. The maximum absolute atomic E-state index is 11.5. The molecule has 1 saturated heterocycles. The number of sulfone groups is 1. The summed E-state index contributed by atoms with van der Waals surface area (Å²) in [4.78, 5) is 0. The van der Waals surface area contributed by atoms with Gasteiger partial charge in [-0.2, -0.15) is 0 Å². The standard InChI is InChI=1S/C10H19N5O2S/c1-10(2,3)11-6-9-12-13-14-15(9)8-4-5-18(16,17)7-8/h8,11H,4-7H2,1-3H3. The molecule has 1 aliphatic rings. The molecule has 1 aromatic rings. The van der Waals surface area contributed by atoms with E-state index in [2.05, 4.69) is 41.6 Å². The van der Waals surface area contributed by atoms with E-state index in [-0.39, 0.29) is 23.1 Å². The molecule has 102 valence electrons. The summed E-state index contributed by atoms with van der Waals surface area (Å²) in [5, 5.41) is 14.8. The van der Waals surface area contributed by atoms with Crippen LogP contribution < -0.4 is 5.32 Å². The highest BCUT2D eigenvalue weighted by Gasteiger charge is 2.31. The van der Waals surface area contributed by atoms with Crippen molar-refractivity contribution in [1.29, 1.82) is 0 Å². The SMILES string of the molecule is CC(C)(C)NCc1nnnn1C1CCS(=O)(=O)C1. The van der Waals surface area contributed by atoms with Crippen molar-refractivity contribution in [1.82, 2.24) is 25.5 Å². The summed E-state index contributed by atoms with van der Waals surface area (Å²) < 4.78 is 24.6. The molecular weight excluding hydrogens is 254 g/mol. The van der Waals surface area contributed by atoms with Crippen LogP contribution >= 0.6 is 0 Å². The zero-order chi connectivity index (χ0) is 13.4. The van der Waals surface area contributed by atoms with Crippen LogP contribution in [0.2, 0.25) is 0 Å². The number of aromatic nitrogens is 4. The smallest absolute Gasteiger partial charge is 0.165 e. The Labute approximate surface area is 107 Å². The zero-order valence-corrected chi connectivity index (χ0v) is 11.7. The van der Waals surface area contributed by atoms with Crippen molar-refractivity contribution in [2.24, 2.45) is 0 Å². The van der Waals surface area contributed by atoms with Crippen LogP contribution in [0.1, 0.15) is 39.1 Å². The molecule has 1 aliphatic heterocycles. The van der Waals surface area contributed by atoms with E-state index in [9.17, 15) is 8.42 Å². The summed E-state index contributed by atoms with van der Waals surface area (Å²) in [6.45, 7) is 6.70. The fourth-order valence-electron chi connectivity index (χ4n) is 1.92. The number of tetrazole rings is 1. The Hall–Kier alpha value is -1.02. The lowest BCUT2D eigenvalue weighted by Crippen LogP contribution is -2.36. The van der Waals surface area contributed by atoms with E-state index in [1.807, 2.05) is 0 Å². The number of hydrogen-bond donors (Lipinski definition) is 1. The van der Waals surface area contributed by atoms with Gasteiger partial charge >= 0.3 is 0 Å².